The van der Waals surface area contributed by atoms with E-state index in [2.05, 4.69) is 15.0 Å². The molecule has 0 aliphatic rings. The van der Waals surface area contributed by atoms with E-state index in [0.717, 1.165) is 12.1 Å². The quantitative estimate of drug-likeness (QED) is 0.294. The summed E-state index contributed by atoms with van der Waals surface area (Å²) in [5, 5.41) is 3.10. The van der Waals surface area contributed by atoms with Gasteiger partial charge in [0.05, 0.1) is 0 Å². The van der Waals surface area contributed by atoms with Crippen molar-refractivity contribution < 1.29 is 64.3 Å². The first kappa shape index (κ1) is 15.0. The number of hydrogen-bond donors (Lipinski definition) is 0. The van der Waals surface area contributed by atoms with Gasteiger partial charge in [-0.1, -0.05) is 11.5 Å². The van der Waals surface area contributed by atoms with Crippen molar-refractivity contribution in [2.75, 3.05) is 0 Å². The predicted molar refractivity (Wildman–Crippen MR) is 46.5 cm³/mol. The molecule has 1 aromatic heterocycles. The van der Waals surface area contributed by atoms with Gasteiger partial charge in [-0.3, -0.25) is 4.98 Å². The van der Waals surface area contributed by atoms with Crippen LogP contribution in [0.3, 0.4) is 0 Å². The van der Waals surface area contributed by atoms with Gasteiger partial charge in [-0.05, 0) is 23.6 Å². The topological polar surface area (TPSA) is 61.7 Å². The van der Waals surface area contributed by atoms with E-state index in [-0.39, 0.29) is 62.9 Å². The molecule has 0 bridgehead atoms. The summed E-state index contributed by atoms with van der Waals surface area (Å²) in [6.45, 7) is -3.83. The Balaban J connectivity index is 0.00000196. The third kappa shape index (κ3) is 4.14. The fourth-order valence-electron chi connectivity index (χ4n) is 1.01. The van der Waals surface area contributed by atoms with Crippen LogP contribution in [-0.2, 0) is 0 Å². The Morgan fingerprint density at radius 2 is 2.00 bits per heavy atom. The number of nitrogens with zero attached hydrogens (tertiary/aromatic N) is 4. The summed E-state index contributed by atoms with van der Waals surface area (Å²) in [5.41, 5.74) is 7.10. The van der Waals surface area contributed by atoms with Crippen LogP contribution in [0, 0.1) is 6.92 Å². The van der Waals surface area contributed by atoms with Crippen LogP contribution in [0.1, 0.15) is 5.69 Å². The van der Waals surface area contributed by atoms with Crippen molar-refractivity contribution in [1.29, 1.82) is 0 Å². The maximum atomic E-state index is 12.3. The van der Waals surface area contributed by atoms with Gasteiger partial charge in [0.2, 0.25) is 0 Å². The molecule has 1 rings (SSSR count). The van der Waals surface area contributed by atoms with Gasteiger partial charge in [-0.15, -0.1) is 0 Å². The monoisotopic (exact) mass is 240 g/mol. The fraction of sp³-hybridized carbons (Fsp3) is 0.167. The molecule has 0 saturated heterocycles. The van der Waals surface area contributed by atoms with Crippen molar-refractivity contribution in [2.24, 2.45) is 5.11 Å². The zero-order chi connectivity index (χ0) is 10.8. The van der Waals surface area contributed by atoms with Crippen LogP contribution in [0.25, 0.3) is 10.4 Å². The molecular weight excluding hydrogens is 235 g/mol. The number of rotatable bonds is 2. The molecule has 0 aromatic carbocycles. The molecule has 0 aliphatic carbocycles. The zero-order valence-electron chi connectivity index (χ0n) is 8.15. The fourth-order valence-corrected chi connectivity index (χ4v) is 1.01. The molecule has 4 nitrogen and oxygen atoms in total. The molecule has 15 heavy (non-hydrogen) atoms. The summed E-state index contributed by atoms with van der Waals surface area (Å²) in [6.07, 6.45) is 0. The molecule has 0 unspecified atom stereocenters. The van der Waals surface area contributed by atoms with Gasteiger partial charge in [0.15, 0.2) is 0 Å². The average molecular weight is 240 g/mol. The first-order valence-corrected chi connectivity index (χ1v) is 3.67. The van der Waals surface area contributed by atoms with Gasteiger partial charge < -0.3 is 12.9 Å². The van der Waals surface area contributed by atoms with Crippen molar-refractivity contribution >= 4 is 18.3 Å². The second-order valence-electron chi connectivity index (χ2n) is 2.61. The smallest absolute Gasteiger partial charge is 0.445 e. The van der Waals surface area contributed by atoms with Crippen LogP contribution in [-0.4, -0.2) is 12.0 Å². The van der Waals surface area contributed by atoms with Crippen LogP contribution in [0.4, 0.5) is 18.8 Å². The van der Waals surface area contributed by atoms with Crippen LogP contribution < -0.4 is 56.8 Å². The Bertz CT molecular complexity index is 402. The number of halogens is 3. The summed E-state index contributed by atoms with van der Waals surface area (Å²) in [6, 6.07) is 1.91. The van der Waals surface area contributed by atoms with Crippen LogP contribution in [0.15, 0.2) is 17.2 Å². The van der Waals surface area contributed by atoms with Crippen molar-refractivity contribution in [2.45, 2.75) is 6.92 Å². The van der Waals surface area contributed by atoms with E-state index < -0.39 is 12.4 Å². The van der Waals surface area contributed by atoms with Gasteiger partial charge in [0.1, 0.15) is 5.82 Å². The largest absolute Gasteiger partial charge is 1.00 e. The minimum Gasteiger partial charge on any atom is -0.445 e. The van der Waals surface area contributed by atoms with E-state index in [1.807, 2.05) is 0 Å². The summed E-state index contributed by atoms with van der Waals surface area (Å²) in [4.78, 5) is 5.93. The first-order valence-electron chi connectivity index (χ1n) is 3.67. The molecule has 9 heteroatoms. The number of hydrogen-bond acceptors (Lipinski definition) is 2. The molecule has 0 N–H and O–H groups in total. The van der Waals surface area contributed by atoms with Crippen molar-refractivity contribution in [3.63, 3.8) is 0 Å². The van der Waals surface area contributed by atoms with E-state index >= 15 is 0 Å². The van der Waals surface area contributed by atoms with Gasteiger partial charge in [-0.2, -0.15) is 0 Å². The Morgan fingerprint density at radius 1 is 1.40 bits per heavy atom. The van der Waals surface area contributed by atoms with Crippen LogP contribution in [0.5, 0.6) is 0 Å². The Morgan fingerprint density at radius 3 is 2.40 bits per heavy atom. The van der Waals surface area contributed by atoms with Gasteiger partial charge >= 0.3 is 58.4 Å². The Kier molecular flexibility index (Phi) is 5.86. The third-order valence-corrected chi connectivity index (χ3v) is 1.61. The maximum Gasteiger partial charge on any atom is 1.00 e. The molecule has 0 fully saturated rings. The SMILES string of the molecule is Cc1nc(N=[N+]=[N-])ccc1[B-](F)(F)F.[K+]. The minimum absolute atomic E-state index is 0. The molecule has 0 amide bonds. The number of pyridine rings is 1. The second kappa shape index (κ2) is 5.88. The molecule has 0 aliphatic heterocycles. The number of aromatic nitrogens is 1. The maximum absolute atomic E-state index is 12.3. The molecule has 0 radical (unpaired) electrons. The van der Waals surface area contributed by atoms with Crippen molar-refractivity contribution in [3.05, 3.63) is 28.3 Å². The molecule has 1 aromatic rings. The van der Waals surface area contributed by atoms with E-state index in [4.69, 9.17) is 5.53 Å². The standard InChI is InChI=1S/C6H5BF3N4.K/c1-4-5(7(8,9)10)2-3-6(12-4)13-14-11;/h2-3H,1H3;/q-1;+1. The molecule has 74 valence electrons. The minimum atomic E-state index is -5.05. The summed E-state index contributed by atoms with van der Waals surface area (Å²) in [7, 11) is 0. The van der Waals surface area contributed by atoms with Gasteiger partial charge in [0, 0.05) is 10.6 Å². The average Bonchev–Trinajstić information content (AvgIpc) is 2.02. The summed E-state index contributed by atoms with van der Waals surface area (Å²) < 4.78 is 36.9. The normalized spacial score (nSPS) is 10.1. The number of aryl methyl sites for hydroxylation is 1. The molecule has 0 saturated carbocycles. The van der Waals surface area contributed by atoms with Crippen LogP contribution in [0.2, 0.25) is 0 Å². The first-order chi connectivity index (χ1) is 6.45. The molecule has 0 spiro atoms. The van der Waals surface area contributed by atoms with E-state index in [1.54, 1.807) is 0 Å². The van der Waals surface area contributed by atoms with Gasteiger partial charge in [0.25, 0.3) is 0 Å². The second-order valence-corrected chi connectivity index (χ2v) is 2.61. The van der Waals surface area contributed by atoms with E-state index in [1.165, 1.54) is 6.92 Å². The summed E-state index contributed by atoms with van der Waals surface area (Å²) >= 11 is 0. The van der Waals surface area contributed by atoms with Crippen molar-refractivity contribution in [3.8, 4) is 0 Å². The van der Waals surface area contributed by atoms with Crippen LogP contribution >= 0.6 is 0 Å². The molecule has 1 heterocycles. The molecule has 0 atom stereocenters. The number of azide groups is 1. The predicted octanol–water partition coefficient (Wildman–Crippen LogP) is -0.610. The molecular formula is C6H5BF3KN4. The third-order valence-electron chi connectivity index (χ3n) is 1.61. The van der Waals surface area contributed by atoms with Crippen molar-refractivity contribution in [1.82, 2.24) is 4.98 Å². The van der Waals surface area contributed by atoms with E-state index in [9.17, 15) is 12.9 Å². The van der Waals surface area contributed by atoms with E-state index in [0.29, 0.717) is 0 Å². The summed E-state index contributed by atoms with van der Waals surface area (Å²) in [5.74, 6) is -0.0613. The Hall–Kier alpha value is -0.0487. The zero-order valence-corrected chi connectivity index (χ0v) is 11.3. The van der Waals surface area contributed by atoms with Gasteiger partial charge in [-0.25, -0.2) is 0 Å². The Labute approximate surface area is 126 Å².